The Kier molecular flexibility index (Phi) is 6.77. The van der Waals surface area contributed by atoms with Crippen molar-refractivity contribution >= 4 is 40.4 Å². The molecule has 0 radical (unpaired) electrons. The van der Waals surface area contributed by atoms with Crippen molar-refractivity contribution in [2.24, 2.45) is 0 Å². The Hall–Kier alpha value is -1.28. The molecule has 0 bridgehead atoms. The molecule has 1 saturated heterocycles. The van der Waals surface area contributed by atoms with Crippen LogP contribution in [0.15, 0.2) is 12.7 Å². The number of nitrogens with two attached hydrogens (primary N) is 1. The lowest BCUT2D eigenvalue weighted by molar-refractivity contribution is 0.161. The van der Waals surface area contributed by atoms with Crippen molar-refractivity contribution in [1.29, 1.82) is 0 Å². The molecule has 0 aromatic carbocycles. The average Bonchev–Trinajstić information content (AvgIpc) is 3.18. The van der Waals surface area contributed by atoms with Gasteiger partial charge in [0.2, 0.25) is 0 Å². The number of phosphoric ester groups is 1. The van der Waals surface area contributed by atoms with Crippen LogP contribution in [0.25, 0.3) is 11.2 Å². The number of hydrogen-bond donors (Lipinski definition) is 6. The topological polar surface area (TPSA) is 241 Å². The summed E-state index contributed by atoms with van der Waals surface area (Å²) in [5, 5.41) is 3.16. The standard InChI is InChI=1S/C11H19N6O10P3/c12-10-9-11(14-5-13-10)17(6-15-9)3-7-1-2-8(16-7)4-25-29(21,22)27-30(23,24)26-28(18,19)20/h5-8,16H,1-4H2,(H,21,22)(H,23,24)(H2,12,13,14)(H2,18,19,20)/t7-,8+/m1/s1. The summed E-state index contributed by atoms with van der Waals surface area (Å²) in [7, 11) is -16.1. The molecule has 1 aliphatic rings. The highest BCUT2D eigenvalue weighted by atomic mass is 31.3. The number of anilines is 1. The number of imidazole rings is 1. The Morgan fingerprint density at radius 1 is 1.07 bits per heavy atom. The number of fused-ring (bicyclic) bond motifs is 1. The van der Waals surface area contributed by atoms with E-state index in [-0.39, 0.29) is 18.5 Å². The number of nitrogens with one attached hydrogen (secondary N) is 1. The molecule has 2 aromatic rings. The predicted molar refractivity (Wildman–Crippen MR) is 99.5 cm³/mol. The van der Waals surface area contributed by atoms with E-state index < -0.39 is 29.5 Å². The summed E-state index contributed by atoms with van der Waals surface area (Å²) in [4.78, 5) is 47.8. The summed E-state index contributed by atoms with van der Waals surface area (Å²) >= 11 is 0. The predicted octanol–water partition coefficient (Wildman–Crippen LogP) is -0.128. The molecule has 4 atom stereocenters. The van der Waals surface area contributed by atoms with Crippen LogP contribution >= 0.6 is 23.5 Å². The SMILES string of the molecule is Nc1ncnc2c1ncn2C[C@H]1CC[C@@H](COP(=O)(O)OP(=O)(O)OP(=O)(O)O)N1. The van der Waals surface area contributed by atoms with Crippen molar-refractivity contribution in [3.63, 3.8) is 0 Å². The van der Waals surface area contributed by atoms with Gasteiger partial charge in [-0.15, -0.1) is 0 Å². The first-order valence-corrected chi connectivity index (χ1v) is 12.8. The molecular formula is C11H19N6O10P3. The molecule has 2 unspecified atom stereocenters. The fraction of sp³-hybridized carbons (Fsp3) is 0.545. The number of hydrogen-bond acceptors (Lipinski definition) is 11. The molecule has 1 fully saturated rings. The lowest BCUT2D eigenvalue weighted by Gasteiger charge is -2.19. The van der Waals surface area contributed by atoms with E-state index in [2.05, 4.69) is 33.4 Å². The fourth-order valence-electron chi connectivity index (χ4n) is 2.94. The zero-order valence-corrected chi connectivity index (χ0v) is 17.8. The van der Waals surface area contributed by atoms with Gasteiger partial charge >= 0.3 is 23.5 Å². The molecule has 168 valence electrons. The molecule has 30 heavy (non-hydrogen) atoms. The van der Waals surface area contributed by atoms with E-state index in [0.29, 0.717) is 30.6 Å². The van der Waals surface area contributed by atoms with E-state index in [0.717, 1.165) is 0 Å². The molecule has 0 saturated carbocycles. The smallest absolute Gasteiger partial charge is 0.382 e. The van der Waals surface area contributed by atoms with Crippen LogP contribution < -0.4 is 11.1 Å². The van der Waals surface area contributed by atoms with Gasteiger partial charge in [0.1, 0.15) is 11.8 Å². The number of nitrogen functional groups attached to an aromatic ring is 1. The van der Waals surface area contributed by atoms with Crippen molar-refractivity contribution in [3.8, 4) is 0 Å². The zero-order chi connectivity index (χ0) is 22.2. The van der Waals surface area contributed by atoms with Crippen LogP contribution in [0.3, 0.4) is 0 Å². The van der Waals surface area contributed by atoms with E-state index in [1.807, 2.05) is 0 Å². The Balaban J connectivity index is 1.52. The first-order valence-electron chi connectivity index (χ1n) is 8.29. The molecular weight excluding hydrogens is 469 g/mol. The minimum absolute atomic E-state index is 0.0619. The van der Waals surface area contributed by atoms with Crippen molar-refractivity contribution in [2.75, 3.05) is 12.3 Å². The van der Waals surface area contributed by atoms with Crippen LogP contribution in [0.4, 0.5) is 5.82 Å². The number of aromatic nitrogens is 4. The van der Waals surface area contributed by atoms with Gasteiger partial charge in [0, 0.05) is 18.6 Å². The van der Waals surface area contributed by atoms with Crippen LogP contribution in [0.5, 0.6) is 0 Å². The third-order valence-electron chi connectivity index (χ3n) is 4.04. The van der Waals surface area contributed by atoms with Gasteiger partial charge in [-0.25, -0.2) is 28.6 Å². The monoisotopic (exact) mass is 488 g/mol. The fourth-order valence-corrected chi connectivity index (χ4v) is 6.00. The van der Waals surface area contributed by atoms with Crippen LogP contribution in [0.1, 0.15) is 12.8 Å². The minimum atomic E-state index is -5.53. The van der Waals surface area contributed by atoms with Gasteiger partial charge in [0.05, 0.1) is 12.9 Å². The van der Waals surface area contributed by atoms with E-state index in [1.54, 1.807) is 10.9 Å². The second-order valence-corrected chi connectivity index (χ2v) is 10.8. The molecule has 19 heteroatoms. The molecule has 0 spiro atoms. The maximum atomic E-state index is 11.8. The van der Waals surface area contributed by atoms with E-state index >= 15 is 0 Å². The number of nitrogens with zero attached hydrogens (tertiary/aromatic N) is 4. The van der Waals surface area contributed by atoms with Crippen LogP contribution in [0, 0.1) is 0 Å². The highest BCUT2D eigenvalue weighted by Crippen LogP contribution is 2.66. The summed E-state index contributed by atoms with van der Waals surface area (Å²) < 4.78 is 47.4. The molecule has 0 aliphatic carbocycles. The molecule has 16 nitrogen and oxygen atoms in total. The van der Waals surface area contributed by atoms with E-state index in [4.69, 9.17) is 20.4 Å². The highest BCUT2D eigenvalue weighted by Gasteiger charge is 2.41. The van der Waals surface area contributed by atoms with Crippen molar-refractivity contribution < 1.29 is 46.4 Å². The van der Waals surface area contributed by atoms with Gasteiger partial charge in [0.15, 0.2) is 11.5 Å². The number of rotatable bonds is 9. The lowest BCUT2D eigenvalue weighted by atomic mass is 10.2. The van der Waals surface area contributed by atoms with Gasteiger partial charge in [-0.1, -0.05) is 0 Å². The maximum absolute atomic E-state index is 11.8. The van der Waals surface area contributed by atoms with Crippen LogP contribution in [-0.4, -0.2) is 57.8 Å². The third kappa shape index (κ3) is 6.36. The van der Waals surface area contributed by atoms with E-state index in [1.165, 1.54) is 6.33 Å². The summed E-state index contributed by atoms with van der Waals surface area (Å²) in [6.45, 7) is 0.0959. The maximum Gasteiger partial charge on any atom is 0.490 e. The Labute approximate surface area is 168 Å². The minimum Gasteiger partial charge on any atom is -0.382 e. The Morgan fingerprint density at radius 3 is 2.47 bits per heavy atom. The highest BCUT2D eigenvalue weighted by molar-refractivity contribution is 7.66. The van der Waals surface area contributed by atoms with Crippen LogP contribution in [0.2, 0.25) is 0 Å². The van der Waals surface area contributed by atoms with Gasteiger partial charge < -0.3 is 35.2 Å². The second-order valence-electron chi connectivity index (χ2n) is 6.35. The van der Waals surface area contributed by atoms with Crippen molar-refractivity contribution in [3.05, 3.63) is 12.7 Å². The zero-order valence-electron chi connectivity index (χ0n) is 15.1. The Bertz CT molecular complexity index is 1060. The molecule has 3 rings (SSSR count). The van der Waals surface area contributed by atoms with Gasteiger partial charge in [0.25, 0.3) is 0 Å². The van der Waals surface area contributed by atoms with Crippen molar-refractivity contribution in [2.45, 2.75) is 31.5 Å². The first-order chi connectivity index (χ1) is 13.8. The third-order valence-corrected chi connectivity index (χ3v) is 7.84. The second kappa shape index (κ2) is 8.69. The van der Waals surface area contributed by atoms with E-state index in [9.17, 15) is 18.6 Å². The summed E-state index contributed by atoms with van der Waals surface area (Å²) in [5.41, 5.74) is 6.77. The molecule has 3 heterocycles. The summed E-state index contributed by atoms with van der Waals surface area (Å²) in [6.07, 6.45) is 4.11. The van der Waals surface area contributed by atoms with Gasteiger partial charge in [-0.2, -0.15) is 8.62 Å². The first kappa shape index (κ1) is 23.4. The summed E-state index contributed by atoms with van der Waals surface area (Å²) in [6, 6.07) is -0.456. The lowest BCUT2D eigenvalue weighted by Crippen LogP contribution is -2.35. The quantitative estimate of drug-likeness (QED) is 0.252. The Morgan fingerprint density at radius 2 is 1.77 bits per heavy atom. The molecule has 2 aromatic heterocycles. The normalized spacial score (nSPS) is 24.0. The van der Waals surface area contributed by atoms with Gasteiger partial charge in [-0.3, -0.25) is 4.52 Å². The number of phosphoric acid groups is 3. The average molecular weight is 488 g/mol. The molecule has 0 amide bonds. The summed E-state index contributed by atoms with van der Waals surface area (Å²) in [5.74, 6) is 0.256. The van der Waals surface area contributed by atoms with Crippen LogP contribution in [-0.2, 0) is 33.4 Å². The van der Waals surface area contributed by atoms with Gasteiger partial charge in [-0.05, 0) is 12.8 Å². The van der Waals surface area contributed by atoms with Crippen molar-refractivity contribution in [1.82, 2.24) is 24.8 Å². The molecule has 7 N–H and O–H groups in total. The molecule has 1 aliphatic heterocycles. The largest absolute Gasteiger partial charge is 0.490 e.